The first-order chi connectivity index (χ1) is 15.5. The maximum Gasteiger partial charge on any atom is 0.267 e. The fourth-order valence-corrected chi connectivity index (χ4v) is 7.03. The number of nitrogens with zero attached hydrogens (tertiary/aromatic N) is 3. The number of carbonyl (C=O) groups is 1. The van der Waals surface area contributed by atoms with Crippen LogP contribution >= 0.6 is 23.1 Å². The molecule has 0 saturated carbocycles. The van der Waals surface area contributed by atoms with E-state index in [4.69, 9.17) is 4.98 Å². The van der Waals surface area contributed by atoms with Gasteiger partial charge in [-0.25, -0.2) is 4.98 Å². The highest BCUT2D eigenvalue weighted by atomic mass is 32.2. The normalized spacial score (nSPS) is 16.4. The molecule has 1 aliphatic heterocycles. The molecule has 1 amide bonds. The first-order valence-corrected chi connectivity index (χ1v) is 13.4. The zero-order valence-corrected chi connectivity index (χ0v) is 20.4. The van der Waals surface area contributed by atoms with Gasteiger partial charge in [0.2, 0.25) is 5.91 Å². The largest absolute Gasteiger partial charge is 0.342 e. The maximum absolute atomic E-state index is 13.9. The molecule has 0 radical (unpaired) electrons. The van der Waals surface area contributed by atoms with Gasteiger partial charge in [0.15, 0.2) is 5.16 Å². The van der Waals surface area contributed by atoms with Gasteiger partial charge in [0.1, 0.15) is 4.83 Å². The first kappa shape index (κ1) is 21.7. The summed E-state index contributed by atoms with van der Waals surface area (Å²) < 4.78 is 1.76. The molecule has 5 rings (SSSR count). The number of thioether (sulfide) groups is 1. The second-order valence-corrected chi connectivity index (χ2v) is 11.0. The highest BCUT2D eigenvalue weighted by Gasteiger charge is 2.24. The van der Waals surface area contributed by atoms with Crippen LogP contribution in [-0.2, 0) is 17.6 Å². The minimum absolute atomic E-state index is 0.0102. The first-order valence-electron chi connectivity index (χ1n) is 11.6. The van der Waals surface area contributed by atoms with Gasteiger partial charge in [0, 0.05) is 18.0 Å². The Morgan fingerprint density at radius 1 is 1.09 bits per heavy atom. The monoisotopic (exact) mass is 467 g/mol. The van der Waals surface area contributed by atoms with Crippen molar-refractivity contribution in [3.05, 3.63) is 50.1 Å². The van der Waals surface area contributed by atoms with E-state index in [9.17, 15) is 9.59 Å². The Hall–Kier alpha value is -2.12. The molecule has 0 atom stereocenters. The number of piperidine rings is 1. The van der Waals surface area contributed by atoms with Crippen molar-refractivity contribution in [3.8, 4) is 5.69 Å². The van der Waals surface area contributed by atoms with E-state index in [1.54, 1.807) is 15.9 Å². The minimum Gasteiger partial charge on any atom is -0.342 e. The third-order valence-corrected chi connectivity index (χ3v) is 8.71. The third kappa shape index (κ3) is 4.01. The number of thiophene rings is 1. The van der Waals surface area contributed by atoms with Crippen LogP contribution in [0.25, 0.3) is 15.9 Å². The Balaban J connectivity index is 1.61. The molecule has 7 heteroatoms. The summed E-state index contributed by atoms with van der Waals surface area (Å²) in [6, 6.07) is 6.17. The van der Waals surface area contributed by atoms with Gasteiger partial charge < -0.3 is 4.90 Å². The van der Waals surface area contributed by atoms with Crippen molar-refractivity contribution in [1.82, 2.24) is 14.5 Å². The molecule has 3 heterocycles. The molecule has 0 bridgehead atoms. The van der Waals surface area contributed by atoms with E-state index in [1.807, 2.05) is 18.7 Å². The Bertz CT molecular complexity index is 1240. The predicted molar refractivity (Wildman–Crippen MR) is 132 cm³/mol. The van der Waals surface area contributed by atoms with Crippen LogP contribution in [0.15, 0.2) is 28.2 Å². The molecule has 3 aromatic rings. The van der Waals surface area contributed by atoms with Crippen LogP contribution in [0.1, 0.15) is 53.7 Å². The second-order valence-electron chi connectivity index (χ2n) is 8.95. The summed E-state index contributed by atoms with van der Waals surface area (Å²) in [6.07, 6.45) is 7.65. The molecule has 0 unspecified atom stereocenters. The fraction of sp³-hybridized carbons (Fsp3) is 0.480. The quantitative estimate of drug-likeness (QED) is 0.398. The number of hydrogen-bond donors (Lipinski definition) is 0. The number of aryl methyl sites for hydroxylation is 4. The number of amides is 1. The maximum atomic E-state index is 13.9. The summed E-state index contributed by atoms with van der Waals surface area (Å²) in [4.78, 5) is 35.8. The number of carbonyl (C=O) groups excluding carboxylic acids is 1. The van der Waals surface area contributed by atoms with Crippen molar-refractivity contribution in [2.45, 2.75) is 63.9 Å². The molecule has 1 aliphatic carbocycles. The summed E-state index contributed by atoms with van der Waals surface area (Å²) >= 11 is 3.07. The molecular weight excluding hydrogens is 438 g/mol. The van der Waals surface area contributed by atoms with Crippen LogP contribution in [0.4, 0.5) is 0 Å². The van der Waals surface area contributed by atoms with Crippen molar-refractivity contribution in [2.24, 2.45) is 0 Å². The number of fused-ring (bicyclic) bond motifs is 3. The van der Waals surface area contributed by atoms with E-state index in [1.165, 1.54) is 35.0 Å². The molecule has 1 aromatic carbocycles. The highest BCUT2D eigenvalue weighted by Crippen LogP contribution is 2.35. The molecule has 1 fully saturated rings. The molecule has 2 aliphatic rings. The standard InChI is InChI=1S/C25H29N3O2S2/c1-16-10-11-17(2)19(14-16)28-24(30)22-18-8-4-5-9-20(18)32-23(22)26-25(28)31-15-21(29)27-12-6-3-7-13-27/h10-11,14H,3-9,12-13,15H2,1-2H3. The SMILES string of the molecule is Cc1ccc(C)c(-n2c(SCC(=O)N3CCCCC3)nc3sc4c(c3c2=O)CCCC4)c1. The molecular formula is C25H29N3O2S2. The van der Waals surface area contributed by atoms with Gasteiger partial charge in [-0.05, 0) is 81.5 Å². The molecule has 1 saturated heterocycles. The Morgan fingerprint density at radius 3 is 2.69 bits per heavy atom. The van der Waals surface area contributed by atoms with Crippen LogP contribution in [0, 0.1) is 13.8 Å². The lowest BCUT2D eigenvalue weighted by molar-refractivity contribution is -0.129. The highest BCUT2D eigenvalue weighted by molar-refractivity contribution is 7.99. The van der Waals surface area contributed by atoms with Crippen molar-refractivity contribution in [1.29, 1.82) is 0 Å². The molecule has 0 N–H and O–H groups in total. The molecule has 32 heavy (non-hydrogen) atoms. The van der Waals surface area contributed by atoms with Crippen molar-refractivity contribution in [2.75, 3.05) is 18.8 Å². The van der Waals surface area contributed by atoms with Gasteiger partial charge in [0.05, 0.1) is 16.8 Å². The van der Waals surface area contributed by atoms with E-state index in [0.717, 1.165) is 72.2 Å². The van der Waals surface area contributed by atoms with Crippen LogP contribution in [-0.4, -0.2) is 39.2 Å². The number of likely N-dealkylation sites (tertiary alicyclic amines) is 1. The van der Waals surface area contributed by atoms with E-state index in [2.05, 4.69) is 18.2 Å². The average Bonchev–Trinajstić information content (AvgIpc) is 3.18. The molecule has 168 valence electrons. The zero-order chi connectivity index (χ0) is 22.2. The van der Waals surface area contributed by atoms with Crippen LogP contribution in [0.5, 0.6) is 0 Å². The molecule has 5 nitrogen and oxygen atoms in total. The summed E-state index contributed by atoms with van der Waals surface area (Å²) in [6.45, 7) is 5.75. The number of aromatic nitrogens is 2. The number of benzene rings is 1. The molecule has 2 aromatic heterocycles. The number of rotatable bonds is 4. The van der Waals surface area contributed by atoms with Crippen molar-refractivity contribution < 1.29 is 4.79 Å². The lowest BCUT2D eigenvalue weighted by atomic mass is 9.97. The van der Waals surface area contributed by atoms with Gasteiger partial charge in [-0.15, -0.1) is 11.3 Å². The van der Waals surface area contributed by atoms with Gasteiger partial charge >= 0.3 is 0 Å². The van der Waals surface area contributed by atoms with E-state index < -0.39 is 0 Å². The van der Waals surface area contributed by atoms with Crippen LogP contribution < -0.4 is 5.56 Å². The smallest absolute Gasteiger partial charge is 0.267 e. The lowest BCUT2D eigenvalue weighted by Crippen LogP contribution is -2.36. The van der Waals surface area contributed by atoms with Gasteiger partial charge in [-0.2, -0.15) is 0 Å². The summed E-state index contributed by atoms with van der Waals surface area (Å²) in [5.41, 5.74) is 4.22. The summed E-state index contributed by atoms with van der Waals surface area (Å²) in [5.74, 6) is 0.454. The Labute approximate surface area is 196 Å². The summed E-state index contributed by atoms with van der Waals surface area (Å²) in [5, 5.41) is 1.41. The predicted octanol–water partition coefficient (Wildman–Crippen LogP) is 5.05. The van der Waals surface area contributed by atoms with E-state index >= 15 is 0 Å². The van der Waals surface area contributed by atoms with E-state index in [-0.39, 0.29) is 11.5 Å². The summed E-state index contributed by atoms with van der Waals surface area (Å²) in [7, 11) is 0. The minimum atomic E-state index is 0.0102. The number of hydrogen-bond acceptors (Lipinski definition) is 5. The van der Waals surface area contributed by atoms with Gasteiger partial charge in [-0.3, -0.25) is 14.2 Å². The average molecular weight is 468 g/mol. The second kappa shape index (κ2) is 9.02. The Morgan fingerprint density at radius 2 is 1.88 bits per heavy atom. The molecule has 0 spiro atoms. The van der Waals surface area contributed by atoms with Crippen molar-refractivity contribution in [3.63, 3.8) is 0 Å². The Kier molecular flexibility index (Phi) is 6.12. The van der Waals surface area contributed by atoms with Crippen LogP contribution in [0.3, 0.4) is 0 Å². The van der Waals surface area contributed by atoms with Crippen LogP contribution in [0.2, 0.25) is 0 Å². The van der Waals surface area contributed by atoms with E-state index in [0.29, 0.717) is 10.9 Å². The van der Waals surface area contributed by atoms with Crippen molar-refractivity contribution >= 4 is 39.2 Å². The topological polar surface area (TPSA) is 55.2 Å². The fourth-order valence-electron chi connectivity index (χ4n) is 4.82. The van der Waals surface area contributed by atoms with Gasteiger partial charge in [-0.1, -0.05) is 23.9 Å². The zero-order valence-electron chi connectivity index (χ0n) is 18.8. The third-order valence-electron chi connectivity index (χ3n) is 6.60. The van der Waals surface area contributed by atoms with Gasteiger partial charge in [0.25, 0.3) is 5.56 Å². The lowest BCUT2D eigenvalue weighted by Gasteiger charge is -2.26.